The first kappa shape index (κ1) is 18.8. The molecule has 128 valence electrons. The van der Waals surface area contributed by atoms with Crippen LogP contribution in [0.5, 0.6) is 0 Å². The Morgan fingerprint density at radius 3 is 2.25 bits per heavy atom. The van der Waals surface area contributed by atoms with Gasteiger partial charge < -0.3 is 10.6 Å². The third-order valence-corrected chi connectivity index (χ3v) is 4.44. The number of carbonyl (C=O) groups excluding carboxylic acids is 1. The van der Waals surface area contributed by atoms with E-state index in [-0.39, 0.29) is 18.5 Å². The standard InChI is InChI=1S/C19H22Cl2N2O/c1-12(2)14-4-6-15(7-5-14)13(3)22-11-19(24)23-18-10-16(20)8-9-17(18)21/h4-10,12-13,22H,11H2,1-3H3,(H,23,24)/t13-/m0/s1. The molecule has 0 saturated carbocycles. The first-order valence-corrected chi connectivity index (χ1v) is 8.70. The van der Waals surface area contributed by atoms with Crippen molar-refractivity contribution in [3.63, 3.8) is 0 Å². The molecule has 0 bridgehead atoms. The maximum Gasteiger partial charge on any atom is 0.238 e. The van der Waals surface area contributed by atoms with Crippen molar-refractivity contribution < 1.29 is 4.79 Å². The average Bonchev–Trinajstić information content (AvgIpc) is 2.56. The maximum absolute atomic E-state index is 12.1. The Kier molecular flexibility index (Phi) is 6.67. The second-order valence-corrected chi connectivity index (χ2v) is 6.94. The van der Waals surface area contributed by atoms with Gasteiger partial charge in [0.15, 0.2) is 0 Å². The molecule has 0 saturated heterocycles. The monoisotopic (exact) mass is 364 g/mol. The van der Waals surface area contributed by atoms with E-state index in [0.29, 0.717) is 21.7 Å². The quantitative estimate of drug-likeness (QED) is 0.719. The Hall–Kier alpha value is -1.55. The van der Waals surface area contributed by atoms with E-state index in [1.165, 1.54) is 5.56 Å². The number of carbonyl (C=O) groups is 1. The molecule has 0 unspecified atom stereocenters. The van der Waals surface area contributed by atoms with Gasteiger partial charge in [-0.3, -0.25) is 4.79 Å². The van der Waals surface area contributed by atoms with Gasteiger partial charge in [-0.25, -0.2) is 0 Å². The summed E-state index contributed by atoms with van der Waals surface area (Å²) in [6, 6.07) is 13.5. The fourth-order valence-electron chi connectivity index (χ4n) is 2.32. The van der Waals surface area contributed by atoms with Crippen LogP contribution in [0.15, 0.2) is 42.5 Å². The van der Waals surface area contributed by atoms with Crippen molar-refractivity contribution in [1.82, 2.24) is 5.32 Å². The van der Waals surface area contributed by atoms with E-state index in [1.54, 1.807) is 18.2 Å². The first-order valence-electron chi connectivity index (χ1n) is 7.95. The number of rotatable bonds is 6. The van der Waals surface area contributed by atoms with Gasteiger partial charge in [0.05, 0.1) is 17.3 Å². The van der Waals surface area contributed by atoms with Crippen LogP contribution in [-0.2, 0) is 4.79 Å². The van der Waals surface area contributed by atoms with Crippen molar-refractivity contribution in [3.05, 3.63) is 63.6 Å². The summed E-state index contributed by atoms with van der Waals surface area (Å²) in [5.74, 6) is 0.348. The van der Waals surface area contributed by atoms with E-state index in [9.17, 15) is 4.79 Å². The number of amides is 1. The lowest BCUT2D eigenvalue weighted by Crippen LogP contribution is -2.30. The molecule has 0 aliphatic heterocycles. The summed E-state index contributed by atoms with van der Waals surface area (Å²) in [7, 11) is 0. The van der Waals surface area contributed by atoms with Crippen LogP contribution in [0.1, 0.15) is 43.9 Å². The van der Waals surface area contributed by atoms with Crippen LogP contribution in [0.25, 0.3) is 0 Å². The van der Waals surface area contributed by atoms with Gasteiger partial charge in [-0.1, -0.05) is 61.3 Å². The second kappa shape index (κ2) is 8.52. The summed E-state index contributed by atoms with van der Waals surface area (Å²) in [4.78, 5) is 12.1. The highest BCUT2D eigenvalue weighted by atomic mass is 35.5. The molecule has 1 amide bonds. The summed E-state index contributed by atoms with van der Waals surface area (Å²) in [6.45, 7) is 6.56. The number of hydrogen-bond acceptors (Lipinski definition) is 2. The third kappa shape index (κ3) is 5.23. The minimum atomic E-state index is -0.162. The lowest BCUT2D eigenvalue weighted by molar-refractivity contribution is -0.115. The van der Waals surface area contributed by atoms with Crippen LogP contribution >= 0.6 is 23.2 Å². The molecule has 2 aromatic carbocycles. The van der Waals surface area contributed by atoms with Crippen molar-refractivity contribution >= 4 is 34.8 Å². The fraction of sp³-hybridized carbons (Fsp3) is 0.316. The van der Waals surface area contributed by atoms with Crippen molar-refractivity contribution in [3.8, 4) is 0 Å². The molecule has 24 heavy (non-hydrogen) atoms. The molecule has 0 aliphatic rings. The molecular formula is C19H22Cl2N2O. The van der Waals surface area contributed by atoms with E-state index in [0.717, 1.165) is 5.56 Å². The summed E-state index contributed by atoms with van der Waals surface area (Å²) in [5, 5.41) is 6.97. The summed E-state index contributed by atoms with van der Waals surface area (Å²) >= 11 is 12.0. The van der Waals surface area contributed by atoms with Crippen LogP contribution in [0.3, 0.4) is 0 Å². The molecule has 0 fully saturated rings. The Labute approximate surface area is 153 Å². The molecule has 0 aromatic heterocycles. The van der Waals surface area contributed by atoms with Gasteiger partial charge in [-0.05, 0) is 42.2 Å². The Balaban J connectivity index is 1.90. The van der Waals surface area contributed by atoms with Gasteiger partial charge in [0.25, 0.3) is 0 Å². The number of halogens is 2. The van der Waals surface area contributed by atoms with E-state index < -0.39 is 0 Å². The van der Waals surface area contributed by atoms with Crippen LogP contribution < -0.4 is 10.6 Å². The first-order chi connectivity index (χ1) is 11.4. The number of hydrogen-bond donors (Lipinski definition) is 2. The van der Waals surface area contributed by atoms with Gasteiger partial charge >= 0.3 is 0 Å². The zero-order valence-corrected chi connectivity index (χ0v) is 15.6. The molecule has 0 aliphatic carbocycles. The lowest BCUT2D eigenvalue weighted by atomic mass is 9.99. The molecule has 2 N–H and O–H groups in total. The predicted octanol–water partition coefficient (Wildman–Crippen LogP) is 5.41. The normalized spacial score (nSPS) is 12.2. The highest BCUT2D eigenvalue weighted by molar-refractivity contribution is 6.35. The summed E-state index contributed by atoms with van der Waals surface area (Å²) in [5.41, 5.74) is 2.97. The van der Waals surface area contributed by atoms with Gasteiger partial charge in [0.1, 0.15) is 0 Å². The molecular weight excluding hydrogens is 343 g/mol. The molecule has 3 nitrogen and oxygen atoms in total. The second-order valence-electron chi connectivity index (χ2n) is 6.10. The van der Waals surface area contributed by atoms with Gasteiger partial charge in [-0.2, -0.15) is 0 Å². The van der Waals surface area contributed by atoms with Crippen LogP contribution in [0, 0.1) is 0 Å². The zero-order valence-electron chi connectivity index (χ0n) is 14.1. The van der Waals surface area contributed by atoms with Crippen molar-refractivity contribution in [2.24, 2.45) is 0 Å². The number of benzene rings is 2. The molecule has 0 spiro atoms. The molecule has 5 heteroatoms. The molecule has 2 rings (SSSR count). The molecule has 2 aromatic rings. The SMILES string of the molecule is CC(C)c1ccc([C@H](C)NCC(=O)Nc2cc(Cl)ccc2Cl)cc1. The Morgan fingerprint density at radius 2 is 1.62 bits per heavy atom. The maximum atomic E-state index is 12.1. The summed E-state index contributed by atoms with van der Waals surface area (Å²) in [6.07, 6.45) is 0. The molecule has 0 radical (unpaired) electrons. The van der Waals surface area contributed by atoms with Gasteiger partial charge in [0, 0.05) is 11.1 Å². The van der Waals surface area contributed by atoms with E-state index in [1.807, 2.05) is 6.92 Å². The largest absolute Gasteiger partial charge is 0.324 e. The van der Waals surface area contributed by atoms with Gasteiger partial charge in [-0.15, -0.1) is 0 Å². The zero-order chi connectivity index (χ0) is 17.7. The van der Waals surface area contributed by atoms with Crippen LogP contribution in [-0.4, -0.2) is 12.5 Å². The minimum Gasteiger partial charge on any atom is -0.324 e. The van der Waals surface area contributed by atoms with E-state index in [2.05, 4.69) is 48.7 Å². The fourth-order valence-corrected chi connectivity index (χ4v) is 2.66. The molecule has 1 atom stereocenters. The molecule has 0 heterocycles. The predicted molar refractivity (Wildman–Crippen MR) is 102 cm³/mol. The highest BCUT2D eigenvalue weighted by Crippen LogP contribution is 2.25. The topological polar surface area (TPSA) is 41.1 Å². The van der Waals surface area contributed by atoms with Crippen LogP contribution in [0.2, 0.25) is 10.0 Å². The highest BCUT2D eigenvalue weighted by Gasteiger charge is 2.10. The third-order valence-electron chi connectivity index (χ3n) is 3.87. The average molecular weight is 365 g/mol. The number of anilines is 1. The Bertz CT molecular complexity index is 699. The minimum absolute atomic E-state index is 0.0757. The lowest BCUT2D eigenvalue weighted by Gasteiger charge is -2.15. The number of nitrogens with one attached hydrogen (secondary N) is 2. The van der Waals surface area contributed by atoms with Gasteiger partial charge in [0.2, 0.25) is 5.91 Å². The van der Waals surface area contributed by atoms with Crippen molar-refractivity contribution in [1.29, 1.82) is 0 Å². The van der Waals surface area contributed by atoms with E-state index in [4.69, 9.17) is 23.2 Å². The van der Waals surface area contributed by atoms with Crippen molar-refractivity contribution in [2.75, 3.05) is 11.9 Å². The smallest absolute Gasteiger partial charge is 0.238 e. The Morgan fingerprint density at radius 1 is 1.00 bits per heavy atom. The van der Waals surface area contributed by atoms with Crippen molar-refractivity contribution in [2.45, 2.75) is 32.7 Å². The van der Waals surface area contributed by atoms with E-state index >= 15 is 0 Å². The summed E-state index contributed by atoms with van der Waals surface area (Å²) < 4.78 is 0. The van der Waals surface area contributed by atoms with Crippen LogP contribution in [0.4, 0.5) is 5.69 Å².